The fourth-order valence-corrected chi connectivity index (χ4v) is 4.45. The summed E-state index contributed by atoms with van der Waals surface area (Å²) in [4.78, 5) is 19.0. The average Bonchev–Trinajstić information content (AvgIpc) is 3.62. The molecule has 2 aliphatic rings. The van der Waals surface area contributed by atoms with Crippen LogP contribution in [0.3, 0.4) is 0 Å². The molecule has 0 aromatic heterocycles. The molecule has 2 aromatic rings. The van der Waals surface area contributed by atoms with Gasteiger partial charge in [0.15, 0.2) is 0 Å². The topological polar surface area (TPSA) is 44.8 Å². The van der Waals surface area contributed by atoms with Crippen LogP contribution in [0, 0.1) is 0 Å². The van der Waals surface area contributed by atoms with Crippen LogP contribution in [0.25, 0.3) is 0 Å². The predicted molar refractivity (Wildman–Crippen MR) is 123 cm³/mol. The number of carbonyl (C=O) groups is 1. The van der Waals surface area contributed by atoms with Gasteiger partial charge in [0.25, 0.3) is 5.91 Å². The van der Waals surface area contributed by atoms with E-state index in [2.05, 4.69) is 28.6 Å². The fraction of sp³-hybridized carbons (Fsp3) is 0.458. The van der Waals surface area contributed by atoms with Crippen molar-refractivity contribution in [1.29, 1.82) is 0 Å². The van der Waals surface area contributed by atoms with Gasteiger partial charge in [-0.2, -0.15) is 0 Å². The maximum absolute atomic E-state index is 13.2. The van der Waals surface area contributed by atoms with Crippen molar-refractivity contribution >= 4 is 17.7 Å². The Labute approximate surface area is 183 Å². The van der Waals surface area contributed by atoms with Gasteiger partial charge >= 0.3 is 0 Å². The summed E-state index contributed by atoms with van der Waals surface area (Å²) in [6.45, 7) is 4.41. The number of nitrogens with one attached hydrogen (secondary N) is 1. The van der Waals surface area contributed by atoms with Gasteiger partial charge in [0.05, 0.1) is 0 Å². The highest BCUT2D eigenvalue weighted by Crippen LogP contribution is 2.30. The van der Waals surface area contributed by atoms with Gasteiger partial charge in [-0.3, -0.25) is 9.69 Å². The number of hydrogen-bond acceptors (Lipinski definition) is 5. The Morgan fingerprint density at radius 1 is 1.10 bits per heavy atom. The van der Waals surface area contributed by atoms with Crippen LogP contribution in [0.1, 0.15) is 35.2 Å². The molecule has 1 aliphatic heterocycles. The highest BCUT2D eigenvalue weighted by Gasteiger charge is 2.31. The fourth-order valence-electron chi connectivity index (χ4n) is 4.04. The van der Waals surface area contributed by atoms with Crippen LogP contribution in [0.2, 0.25) is 0 Å². The van der Waals surface area contributed by atoms with E-state index in [0.717, 1.165) is 61.3 Å². The summed E-state index contributed by atoms with van der Waals surface area (Å²) in [5.74, 6) is 1.71. The summed E-state index contributed by atoms with van der Waals surface area (Å²) in [6.07, 6.45) is 5.76. The Hall–Kier alpha value is -2.02. The number of hydrogen-bond donors (Lipinski definition) is 1. The molecular weight excluding hydrogens is 394 g/mol. The molecule has 2 fully saturated rings. The van der Waals surface area contributed by atoms with Crippen LogP contribution < -0.4 is 10.1 Å². The van der Waals surface area contributed by atoms with E-state index in [1.54, 1.807) is 11.8 Å². The lowest BCUT2D eigenvalue weighted by molar-refractivity contribution is 0.0761. The van der Waals surface area contributed by atoms with E-state index in [1.165, 1.54) is 17.7 Å². The molecule has 2 aromatic carbocycles. The van der Waals surface area contributed by atoms with Gasteiger partial charge in [-0.1, -0.05) is 0 Å². The highest BCUT2D eigenvalue weighted by atomic mass is 32.2. The SMILES string of the molecule is CNCc1cc(C(=O)N2CCCN(C3CC3)CC2)ccc1Oc1ccc(SC)cc1. The summed E-state index contributed by atoms with van der Waals surface area (Å²) in [5.41, 5.74) is 1.73. The summed E-state index contributed by atoms with van der Waals surface area (Å²) >= 11 is 1.71. The molecule has 0 atom stereocenters. The van der Waals surface area contributed by atoms with E-state index < -0.39 is 0 Å². The van der Waals surface area contributed by atoms with Crippen LogP contribution in [0.4, 0.5) is 0 Å². The number of amides is 1. The van der Waals surface area contributed by atoms with Crippen molar-refractivity contribution in [3.8, 4) is 11.5 Å². The third-order valence-corrected chi connectivity index (χ3v) is 6.59. The molecule has 1 amide bonds. The standard InChI is InChI=1S/C24H31N3O2S/c1-25-17-19-16-18(4-11-23(19)29-21-7-9-22(30-2)10-8-21)24(28)27-13-3-12-26(14-15-27)20-5-6-20/h4,7-11,16,20,25H,3,5-6,12-15,17H2,1-2H3. The number of nitrogens with zero attached hydrogens (tertiary/aromatic N) is 2. The Morgan fingerprint density at radius 2 is 1.90 bits per heavy atom. The summed E-state index contributed by atoms with van der Waals surface area (Å²) in [5, 5.41) is 3.19. The molecule has 5 nitrogen and oxygen atoms in total. The lowest BCUT2D eigenvalue weighted by Gasteiger charge is -2.22. The number of rotatable bonds is 7. The molecule has 30 heavy (non-hydrogen) atoms. The minimum Gasteiger partial charge on any atom is -0.457 e. The molecule has 0 spiro atoms. The van der Waals surface area contributed by atoms with Crippen molar-refractivity contribution < 1.29 is 9.53 Å². The first kappa shape index (κ1) is 21.2. The van der Waals surface area contributed by atoms with Gasteiger partial charge in [0.1, 0.15) is 11.5 Å². The average molecular weight is 426 g/mol. The minimum absolute atomic E-state index is 0.126. The predicted octanol–water partition coefficient (Wildman–Crippen LogP) is 4.23. The molecule has 0 bridgehead atoms. The van der Waals surface area contributed by atoms with Crippen LogP contribution in [0.5, 0.6) is 11.5 Å². The van der Waals surface area contributed by atoms with Crippen LogP contribution >= 0.6 is 11.8 Å². The van der Waals surface area contributed by atoms with Crippen LogP contribution in [0.15, 0.2) is 47.4 Å². The van der Waals surface area contributed by atoms with Crippen molar-refractivity contribution in [3.63, 3.8) is 0 Å². The van der Waals surface area contributed by atoms with Crippen LogP contribution in [-0.4, -0.2) is 61.2 Å². The van der Waals surface area contributed by atoms with Gasteiger partial charge in [0.2, 0.25) is 0 Å². The van der Waals surface area contributed by atoms with Crippen molar-refractivity contribution in [3.05, 3.63) is 53.6 Å². The molecular formula is C24H31N3O2S. The normalized spacial score (nSPS) is 17.6. The number of benzene rings is 2. The highest BCUT2D eigenvalue weighted by molar-refractivity contribution is 7.98. The second kappa shape index (κ2) is 9.86. The summed E-state index contributed by atoms with van der Waals surface area (Å²) < 4.78 is 6.13. The maximum Gasteiger partial charge on any atom is 0.253 e. The van der Waals surface area contributed by atoms with E-state index in [9.17, 15) is 4.79 Å². The minimum atomic E-state index is 0.126. The lowest BCUT2D eigenvalue weighted by Crippen LogP contribution is -2.35. The Bertz CT molecular complexity index is 867. The molecule has 160 valence electrons. The second-order valence-electron chi connectivity index (χ2n) is 8.04. The smallest absolute Gasteiger partial charge is 0.253 e. The number of thioether (sulfide) groups is 1. The molecule has 1 aliphatic carbocycles. The van der Waals surface area contributed by atoms with E-state index in [-0.39, 0.29) is 5.91 Å². The van der Waals surface area contributed by atoms with Gasteiger partial charge in [-0.05, 0) is 75.0 Å². The molecule has 0 unspecified atom stereocenters. The zero-order valence-electron chi connectivity index (χ0n) is 17.9. The molecule has 4 rings (SSSR count). The third kappa shape index (κ3) is 5.17. The van der Waals surface area contributed by atoms with E-state index >= 15 is 0 Å². The quantitative estimate of drug-likeness (QED) is 0.673. The summed E-state index contributed by atoms with van der Waals surface area (Å²) in [7, 11) is 1.91. The Kier molecular flexibility index (Phi) is 6.97. The molecule has 1 saturated carbocycles. The van der Waals surface area contributed by atoms with Crippen molar-refractivity contribution in [2.45, 2.75) is 36.7 Å². The first-order valence-electron chi connectivity index (χ1n) is 10.8. The van der Waals surface area contributed by atoms with Gasteiger partial charge in [-0.15, -0.1) is 11.8 Å². The monoisotopic (exact) mass is 425 g/mol. The zero-order valence-corrected chi connectivity index (χ0v) is 18.7. The third-order valence-electron chi connectivity index (χ3n) is 5.84. The number of carbonyl (C=O) groups excluding carboxylic acids is 1. The second-order valence-corrected chi connectivity index (χ2v) is 8.92. The van der Waals surface area contributed by atoms with Gasteiger partial charge in [-0.25, -0.2) is 0 Å². The van der Waals surface area contributed by atoms with Crippen LogP contribution in [-0.2, 0) is 6.54 Å². The van der Waals surface area contributed by atoms with E-state index in [4.69, 9.17) is 4.74 Å². The van der Waals surface area contributed by atoms with Crippen molar-refractivity contribution in [2.75, 3.05) is 39.5 Å². The Balaban J connectivity index is 1.47. The Morgan fingerprint density at radius 3 is 2.60 bits per heavy atom. The summed E-state index contributed by atoms with van der Waals surface area (Å²) in [6, 6.07) is 14.7. The maximum atomic E-state index is 13.2. The lowest BCUT2D eigenvalue weighted by atomic mass is 10.1. The largest absolute Gasteiger partial charge is 0.457 e. The van der Waals surface area contributed by atoms with Crippen molar-refractivity contribution in [1.82, 2.24) is 15.1 Å². The zero-order chi connectivity index (χ0) is 20.9. The first-order valence-corrected chi connectivity index (χ1v) is 12.0. The van der Waals surface area contributed by atoms with Crippen molar-refractivity contribution in [2.24, 2.45) is 0 Å². The van der Waals surface area contributed by atoms with E-state index in [1.807, 2.05) is 42.3 Å². The molecule has 0 radical (unpaired) electrons. The molecule has 1 N–H and O–H groups in total. The number of ether oxygens (including phenoxy) is 1. The molecule has 6 heteroatoms. The molecule has 1 heterocycles. The van der Waals surface area contributed by atoms with Gasteiger partial charge in [0, 0.05) is 54.8 Å². The van der Waals surface area contributed by atoms with E-state index in [0.29, 0.717) is 6.54 Å². The molecule has 1 saturated heterocycles. The first-order chi connectivity index (χ1) is 14.7. The van der Waals surface area contributed by atoms with Gasteiger partial charge < -0.3 is 15.0 Å².